The molecule has 0 N–H and O–H groups in total. The van der Waals surface area contributed by atoms with Gasteiger partial charge in [0.2, 0.25) is 0 Å². The Morgan fingerprint density at radius 1 is 1.20 bits per heavy atom. The average Bonchev–Trinajstić information content (AvgIpc) is 2.23. The van der Waals surface area contributed by atoms with Gasteiger partial charge >= 0.3 is 0 Å². The van der Waals surface area contributed by atoms with Crippen LogP contribution < -0.4 is 0 Å². The van der Waals surface area contributed by atoms with E-state index in [0.29, 0.717) is 6.04 Å². The molecular weight excluding hydrogens is 250 g/mol. The molecule has 0 spiro atoms. The van der Waals surface area contributed by atoms with Crippen molar-refractivity contribution in [1.29, 1.82) is 0 Å². The molecule has 2 heteroatoms. The van der Waals surface area contributed by atoms with E-state index in [9.17, 15) is 0 Å². The summed E-state index contributed by atoms with van der Waals surface area (Å²) in [6.45, 7) is 5.53. The molecule has 15 heavy (non-hydrogen) atoms. The average molecular weight is 270 g/mol. The minimum absolute atomic E-state index is 0.692. The maximum absolute atomic E-state index is 3.59. The van der Waals surface area contributed by atoms with Crippen LogP contribution in [-0.4, -0.2) is 18.0 Å². The Morgan fingerprint density at radius 3 is 2.33 bits per heavy atom. The smallest absolute Gasteiger partial charge is 0.0244 e. The Morgan fingerprint density at radius 2 is 1.80 bits per heavy atom. The lowest BCUT2D eigenvalue weighted by Crippen LogP contribution is -2.30. The predicted octanol–water partition coefficient (Wildman–Crippen LogP) is 4.07. The molecule has 0 aliphatic rings. The third-order valence-electron chi connectivity index (χ3n) is 2.94. The summed E-state index contributed by atoms with van der Waals surface area (Å²) in [5.74, 6) is 0. The van der Waals surface area contributed by atoms with Crippen molar-refractivity contribution in [1.82, 2.24) is 4.90 Å². The summed E-state index contributed by atoms with van der Waals surface area (Å²) < 4.78 is 1.21. The molecular formula is C13H20BrN. The van der Waals surface area contributed by atoms with Gasteiger partial charge in [0, 0.05) is 17.1 Å². The summed E-state index contributed by atoms with van der Waals surface area (Å²) in [4.78, 5) is 2.43. The second-order valence-electron chi connectivity index (χ2n) is 3.98. The van der Waals surface area contributed by atoms with Gasteiger partial charge in [-0.3, -0.25) is 4.90 Å². The first-order valence-corrected chi connectivity index (χ1v) is 6.42. The summed E-state index contributed by atoms with van der Waals surface area (Å²) in [7, 11) is 2.21. The Kier molecular flexibility index (Phi) is 5.34. The van der Waals surface area contributed by atoms with Crippen molar-refractivity contribution in [3.05, 3.63) is 34.3 Å². The van der Waals surface area contributed by atoms with Crippen molar-refractivity contribution in [2.75, 3.05) is 7.05 Å². The molecule has 0 aliphatic carbocycles. The monoisotopic (exact) mass is 269 g/mol. The number of benzene rings is 1. The molecule has 0 aromatic heterocycles. The predicted molar refractivity (Wildman–Crippen MR) is 70.0 cm³/mol. The SMILES string of the molecule is CCC(CC)N(C)Cc1ccccc1Br. The molecule has 0 saturated heterocycles. The molecule has 0 radical (unpaired) electrons. The van der Waals surface area contributed by atoms with E-state index >= 15 is 0 Å². The van der Waals surface area contributed by atoms with E-state index in [1.807, 2.05) is 0 Å². The standard InChI is InChI=1S/C13H20BrN/c1-4-12(5-2)15(3)10-11-8-6-7-9-13(11)14/h6-9,12H,4-5,10H2,1-3H3. The first-order valence-electron chi connectivity index (χ1n) is 5.62. The lowest BCUT2D eigenvalue weighted by molar-refractivity contribution is 0.221. The van der Waals surface area contributed by atoms with E-state index in [0.717, 1.165) is 6.54 Å². The van der Waals surface area contributed by atoms with Crippen LogP contribution in [0.1, 0.15) is 32.3 Å². The highest BCUT2D eigenvalue weighted by atomic mass is 79.9. The topological polar surface area (TPSA) is 3.24 Å². The highest BCUT2D eigenvalue weighted by molar-refractivity contribution is 9.10. The number of halogens is 1. The van der Waals surface area contributed by atoms with E-state index < -0.39 is 0 Å². The van der Waals surface area contributed by atoms with Crippen LogP contribution in [0, 0.1) is 0 Å². The van der Waals surface area contributed by atoms with Crippen molar-refractivity contribution in [2.45, 2.75) is 39.3 Å². The van der Waals surface area contributed by atoms with Crippen LogP contribution in [0.2, 0.25) is 0 Å². The number of rotatable bonds is 5. The van der Waals surface area contributed by atoms with Gasteiger partial charge in [-0.1, -0.05) is 48.0 Å². The molecule has 84 valence electrons. The molecule has 0 fully saturated rings. The maximum atomic E-state index is 3.59. The summed E-state index contributed by atoms with van der Waals surface area (Å²) >= 11 is 3.59. The van der Waals surface area contributed by atoms with Crippen molar-refractivity contribution in [2.24, 2.45) is 0 Å². The van der Waals surface area contributed by atoms with Crippen molar-refractivity contribution in [3.8, 4) is 0 Å². The Bertz CT molecular complexity index is 294. The molecule has 1 rings (SSSR count). The molecule has 0 unspecified atom stereocenters. The van der Waals surface area contributed by atoms with Gasteiger partial charge in [0.1, 0.15) is 0 Å². The van der Waals surface area contributed by atoms with Crippen LogP contribution in [0.5, 0.6) is 0 Å². The van der Waals surface area contributed by atoms with Crippen molar-refractivity contribution in [3.63, 3.8) is 0 Å². The Labute approximate surface area is 102 Å². The lowest BCUT2D eigenvalue weighted by Gasteiger charge is -2.26. The van der Waals surface area contributed by atoms with Crippen LogP contribution in [-0.2, 0) is 6.54 Å². The number of hydrogen-bond donors (Lipinski definition) is 0. The highest BCUT2D eigenvalue weighted by Crippen LogP contribution is 2.19. The molecule has 1 nitrogen and oxygen atoms in total. The summed E-state index contributed by atoms with van der Waals surface area (Å²) in [6, 6.07) is 9.14. The molecule has 1 aromatic rings. The third-order valence-corrected chi connectivity index (χ3v) is 3.72. The maximum Gasteiger partial charge on any atom is 0.0244 e. The van der Waals surface area contributed by atoms with Crippen LogP contribution in [0.3, 0.4) is 0 Å². The van der Waals surface area contributed by atoms with Gasteiger partial charge in [-0.15, -0.1) is 0 Å². The van der Waals surface area contributed by atoms with Crippen molar-refractivity contribution >= 4 is 15.9 Å². The van der Waals surface area contributed by atoms with Crippen LogP contribution >= 0.6 is 15.9 Å². The van der Waals surface area contributed by atoms with Gasteiger partial charge in [0.25, 0.3) is 0 Å². The summed E-state index contributed by atoms with van der Waals surface area (Å²) in [6.07, 6.45) is 2.44. The second-order valence-corrected chi connectivity index (χ2v) is 4.83. The fraction of sp³-hybridized carbons (Fsp3) is 0.538. The zero-order chi connectivity index (χ0) is 11.3. The minimum Gasteiger partial charge on any atom is -0.299 e. The summed E-state index contributed by atoms with van der Waals surface area (Å²) in [5.41, 5.74) is 1.37. The van der Waals surface area contributed by atoms with E-state index in [1.54, 1.807) is 0 Å². The zero-order valence-electron chi connectivity index (χ0n) is 9.83. The quantitative estimate of drug-likeness (QED) is 0.779. The first kappa shape index (κ1) is 12.7. The minimum atomic E-state index is 0.692. The van der Waals surface area contributed by atoms with Crippen LogP contribution in [0.15, 0.2) is 28.7 Å². The molecule has 0 aliphatic heterocycles. The molecule has 0 atom stereocenters. The normalized spacial score (nSPS) is 11.3. The molecule has 0 heterocycles. The Hall–Kier alpha value is -0.340. The zero-order valence-corrected chi connectivity index (χ0v) is 11.4. The van der Waals surface area contributed by atoms with Gasteiger partial charge in [-0.05, 0) is 31.5 Å². The van der Waals surface area contributed by atoms with E-state index in [1.165, 1.54) is 22.9 Å². The van der Waals surface area contributed by atoms with Gasteiger partial charge in [-0.25, -0.2) is 0 Å². The fourth-order valence-electron chi connectivity index (χ4n) is 1.94. The highest BCUT2D eigenvalue weighted by Gasteiger charge is 2.11. The summed E-state index contributed by atoms with van der Waals surface area (Å²) in [5, 5.41) is 0. The lowest BCUT2D eigenvalue weighted by atomic mass is 10.1. The van der Waals surface area contributed by atoms with E-state index in [2.05, 4.69) is 66.0 Å². The van der Waals surface area contributed by atoms with Gasteiger partial charge in [-0.2, -0.15) is 0 Å². The van der Waals surface area contributed by atoms with Gasteiger partial charge in [0.05, 0.1) is 0 Å². The molecule has 0 amide bonds. The van der Waals surface area contributed by atoms with Crippen LogP contribution in [0.25, 0.3) is 0 Å². The second kappa shape index (κ2) is 6.29. The molecule has 0 saturated carbocycles. The van der Waals surface area contributed by atoms with E-state index in [-0.39, 0.29) is 0 Å². The number of nitrogens with zero attached hydrogens (tertiary/aromatic N) is 1. The van der Waals surface area contributed by atoms with Crippen LogP contribution in [0.4, 0.5) is 0 Å². The fourth-order valence-corrected chi connectivity index (χ4v) is 2.35. The third kappa shape index (κ3) is 3.62. The van der Waals surface area contributed by atoms with E-state index in [4.69, 9.17) is 0 Å². The van der Waals surface area contributed by atoms with Gasteiger partial charge in [0.15, 0.2) is 0 Å². The molecule has 0 bridgehead atoms. The molecule has 1 aromatic carbocycles. The largest absolute Gasteiger partial charge is 0.299 e. The van der Waals surface area contributed by atoms with Crippen molar-refractivity contribution < 1.29 is 0 Å². The van der Waals surface area contributed by atoms with Gasteiger partial charge < -0.3 is 0 Å². The number of hydrogen-bond acceptors (Lipinski definition) is 1. The Balaban J connectivity index is 2.65. The first-order chi connectivity index (χ1) is 7.19.